The number of hydrogen-bond donors (Lipinski definition) is 4. The number of nitrogens with one attached hydrogen (secondary N) is 3. The molecule has 0 radical (unpaired) electrons. The van der Waals surface area contributed by atoms with Crippen LogP contribution in [0.2, 0.25) is 5.02 Å². The van der Waals surface area contributed by atoms with E-state index in [-0.39, 0.29) is 22.5 Å². The summed E-state index contributed by atoms with van der Waals surface area (Å²) in [6.07, 6.45) is 2.18. The zero-order valence-corrected chi connectivity index (χ0v) is 17.2. The number of anilines is 5. The van der Waals surface area contributed by atoms with E-state index in [2.05, 4.69) is 25.3 Å². The molecule has 4 N–H and O–H groups in total. The lowest BCUT2D eigenvalue weighted by Crippen LogP contribution is -2.11. The van der Waals surface area contributed by atoms with E-state index in [1.807, 2.05) is 0 Å². The molecular weight excluding hydrogens is 456 g/mol. The van der Waals surface area contributed by atoms with Gasteiger partial charge in [-0.05, 0) is 24.3 Å². The van der Waals surface area contributed by atoms with E-state index >= 15 is 0 Å². The number of carboxylic acid groups (broad SMARTS) is 1. The summed E-state index contributed by atoms with van der Waals surface area (Å²) >= 11 is 6.09. The largest absolute Gasteiger partial charge is 0.478 e. The highest BCUT2D eigenvalue weighted by Gasteiger charge is 2.19. The van der Waals surface area contributed by atoms with Crippen LogP contribution in [-0.4, -0.2) is 35.7 Å². The lowest BCUT2D eigenvalue weighted by Gasteiger charge is -2.14. The predicted molar refractivity (Wildman–Crippen MR) is 112 cm³/mol. The van der Waals surface area contributed by atoms with Crippen molar-refractivity contribution in [1.82, 2.24) is 9.97 Å². The zero-order valence-electron chi connectivity index (χ0n) is 15.6. The van der Waals surface area contributed by atoms with Crippen LogP contribution < -0.4 is 15.4 Å². The van der Waals surface area contributed by atoms with Crippen LogP contribution in [0, 0.1) is 11.6 Å². The van der Waals surface area contributed by atoms with Crippen LogP contribution in [0.5, 0.6) is 0 Å². The molecule has 3 aromatic rings. The maximum Gasteiger partial charge on any atom is 0.338 e. The summed E-state index contributed by atoms with van der Waals surface area (Å²) in [5, 5.41) is 14.2. The number of halogens is 3. The van der Waals surface area contributed by atoms with Crippen LogP contribution in [0.1, 0.15) is 10.4 Å². The van der Waals surface area contributed by atoms with E-state index in [4.69, 9.17) is 16.7 Å². The van der Waals surface area contributed by atoms with Crippen LogP contribution in [0.4, 0.5) is 37.6 Å². The highest BCUT2D eigenvalue weighted by Crippen LogP contribution is 2.30. The molecule has 31 heavy (non-hydrogen) atoms. The SMILES string of the molecule is CS(=O)(=O)Nc1ccccc1Nc1nc(Nc2ccc(C(=O)O)c(F)c2F)ncc1Cl. The number of aromatic nitrogens is 2. The molecule has 0 saturated heterocycles. The summed E-state index contributed by atoms with van der Waals surface area (Å²) in [5.41, 5.74) is -0.665. The molecule has 0 amide bonds. The molecule has 13 heteroatoms. The van der Waals surface area contributed by atoms with Crippen molar-refractivity contribution in [2.45, 2.75) is 0 Å². The minimum Gasteiger partial charge on any atom is -0.478 e. The van der Waals surface area contributed by atoms with E-state index < -0.39 is 38.9 Å². The summed E-state index contributed by atoms with van der Waals surface area (Å²) < 4.78 is 53.5. The van der Waals surface area contributed by atoms with Crippen molar-refractivity contribution >= 4 is 56.4 Å². The summed E-state index contributed by atoms with van der Waals surface area (Å²) in [6, 6.07) is 8.26. The molecule has 9 nitrogen and oxygen atoms in total. The Morgan fingerprint density at radius 1 is 1.03 bits per heavy atom. The third-order valence-corrected chi connectivity index (χ3v) is 4.65. The average Bonchev–Trinajstić information content (AvgIpc) is 2.68. The van der Waals surface area contributed by atoms with Gasteiger partial charge in [0.1, 0.15) is 5.02 Å². The number of carbonyl (C=O) groups is 1. The van der Waals surface area contributed by atoms with E-state index in [0.29, 0.717) is 5.69 Å². The second-order valence-electron chi connectivity index (χ2n) is 6.15. The molecule has 0 bridgehead atoms. The second kappa shape index (κ2) is 8.70. The first-order chi connectivity index (χ1) is 14.5. The molecule has 0 atom stereocenters. The topological polar surface area (TPSA) is 133 Å². The number of rotatable bonds is 7. The Morgan fingerprint density at radius 3 is 2.35 bits per heavy atom. The molecule has 0 fully saturated rings. The quantitative estimate of drug-likeness (QED) is 0.408. The smallest absolute Gasteiger partial charge is 0.338 e. The van der Waals surface area contributed by atoms with Crippen molar-refractivity contribution in [2.24, 2.45) is 0 Å². The Kier molecular flexibility index (Phi) is 6.22. The van der Waals surface area contributed by atoms with Gasteiger partial charge in [-0.1, -0.05) is 23.7 Å². The Bertz CT molecular complexity index is 1270. The first kappa shape index (κ1) is 22.2. The van der Waals surface area contributed by atoms with Crippen LogP contribution >= 0.6 is 11.6 Å². The van der Waals surface area contributed by atoms with Crippen molar-refractivity contribution in [2.75, 3.05) is 21.6 Å². The minimum absolute atomic E-state index is 0.0463. The normalized spacial score (nSPS) is 11.1. The van der Waals surface area contributed by atoms with Crippen LogP contribution in [0.3, 0.4) is 0 Å². The molecule has 0 unspecified atom stereocenters. The van der Waals surface area contributed by atoms with Gasteiger partial charge in [0.15, 0.2) is 17.5 Å². The highest BCUT2D eigenvalue weighted by atomic mass is 35.5. The average molecular weight is 470 g/mol. The number of para-hydroxylation sites is 2. The molecule has 0 aliphatic heterocycles. The van der Waals surface area contributed by atoms with Gasteiger partial charge in [0.2, 0.25) is 16.0 Å². The number of carboxylic acids is 1. The van der Waals surface area contributed by atoms with E-state index in [1.54, 1.807) is 18.2 Å². The maximum atomic E-state index is 14.2. The van der Waals surface area contributed by atoms with E-state index in [0.717, 1.165) is 18.4 Å². The molecule has 0 spiro atoms. The van der Waals surface area contributed by atoms with Crippen molar-refractivity contribution in [1.29, 1.82) is 0 Å². The van der Waals surface area contributed by atoms with Gasteiger partial charge in [0.05, 0.1) is 35.1 Å². The summed E-state index contributed by atoms with van der Waals surface area (Å²) in [5.74, 6) is -4.70. The van der Waals surface area contributed by atoms with Crippen LogP contribution in [0.15, 0.2) is 42.6 Å². The van der Waals surface area contributed by atoms with Gasteiger partial charge >= 0.3 is 5.97 Å². The predicted octanol–water partition coefficient (Wildman–Crippen LogP) is 3.97. The highest BCUT2D eigenvalue weighted by molar-refractivity contribution is 7.92. The van der Waals surface area contributed by atoms with Gasteiger partial charge in [0, 0.05) is 0 Å². The number of nitrogens with zero attached hydrogens (tertiary/aromatic N) is 2. The van der Waals surface area contributed by atoms with Gasteiger partial charge in [-0.25, -0.2) is 27.0 Å². The lowest BCUT2D eigenvalue weighted by molar-refractivity contribution is 0.0690. The fourth-order valence-corrected chi connectivity index (χ4v) is 3.17. The summed E-state index contributed by atoms with van der Waals surface area (Å²) in [6.45, 7) is 0. The first-order valence-corrected chi connectivity index (χ1v) is 10.7. The Labute approximate surface area is 180 Å². The van der Waals surface area contributed by atoms with Gasteiger partial charge < -0.3 is 15.7 Å². The van der Waals surface area contributed by atoms with Gasteiger partial charge in [0.25, 0.3) is 0 Å². The maximum absolute atomic E-state index is 14.2. The van der Waals surface area contributed by atoms with Crippen LogP contribution in [-0.2, 0) is 10.0 Å². The molecule has 2 aromatic carbocycles. The van der Waals surface area contributed by atoms with E-state index in [1.165, 1.54) is 12.3 Å². The zero-order chi connectivity index (χ0) is 22.8. The number of sulfonamides is 1. The van der Waals surface area contributed by atoms with Gasteiger partial charge in [-0.2, -0.15) is 4.98 Å². The summed E-state index contributed by atoms with van der Waals surface area (Å²) in [4.78, 5) is 18.9. The molecule has 0 aliphatic carbocycles. The molecule has 1 aromatic heterocycles. The number of hydrogen-bond acceptors (Lipinski definition) is 7. The number of aromatic carboxylic acids is 1. The standard InChI is InChI=1S/C18H14ClF2N5O4S/c1-31(29,30)26-12-5-3-2-4-11(12)23-16-10(19)8-22-18(25-16)24-13-7-6-9(17(27)28)14(20)15(13)21/h2-8,26H,1H3,(H,27,28)(H2,22,23,24,25). The second-order valence-corrected chi connectivity index (χ2v) is 8.31. The molecule has 0 aliphatic rings. The van der Waals surface area contributed by atoms with Gasteiger partial charge in [-0.3, -0.25) is 4.72 Å². The first-order valence-electron chi connectivity index (χ1n) is 8.40. The minimum atomic E-state index is -3.56. The van der Waals surface area contributed by atoms with Crippen molar-refractivity contribution in [3.63, 3.8) is 0 Å². The molecule has 1 heterocycles. The van der Waals surface area contributed by atoms with Crippen molar-refractivity contribution < 1.29 is 27.1 Å². The summed E-state index contributed by atoms with van der Waals surface area (Å²) in [7, 11) is -3.56. The molecule has 0 saturated carbocycles. The van der Waals surface area contributed by atoms with Crippen LogP contribution in [0.25, 0.3) is 0 Å². The Hall–Kier alpha value is -3.51. The number of benzene rings is 2. The third-order valence-electron chi connectivity index (χ3n) is 3.78. The van der Waals surface area contributed by atoms with Crippen molar-refractivity contribution in [3.05, 3.63) is 64.8 Å². The monoisotopic (exact) mass is 469 g/mol. The Morgan fingerprint density at radius 2 is 1.71 bits per heavy atom. The van der Waals surface area contributed by atoms with Gasteiger partial charge in [-0.15, -0.1) is 0 Å². The molecule has 162 valence electrons. The van der Waals surface area contributed by atoms with Crippen molar-refractivity contribution in [3.8, 4) is 0 Å². The van der Waals surface area contributed by atoms with E-state index in [9.17, 15) is 22.0 Å². The Balaban J connectivity index is 1.91. The molecular formula is C18H14ClF2N5O4S. The fourth-order valence-electron chi connectivity index (χ4n) is 2.46. The third kappa shape index (κ3) is 5.35. The fraction of sp³-hybridized carbons (Fsp3) is 0.0556. The lowest BCUT2D eigenvalue weighted by atomic mass is 10.2. The molecule has 3 rings (SSSR count).